The molecule has 0 aromatic heterocycles. The van der Waals surface area contributed by atoms with Crippen LogP contribution in [0.5, 0.6) is 5.75 Å². The van der Waals surface area contributed by atoms with Crippen LogP contribution >= 0.6 is 0 Å². The first kappa shape index (κ1) is 15.9. The molecule has 1 saturated heterocycles. The Morgan fingerprint density at radius 2 is 1.64 bits per heavy atom. The molecular formula is C14H11F3O5. The summed E-state index contributed by atoms with van der Waals surface area (Å²) in [6.45, 7) is 2.72. The summed E-state index contributed by atoms with van der Waals surface area (Å²) in [6.07, 6.45) is -3.97. The van der Waals surface area contributed by atoms with Gasteiger partial charge in [-0.3, -0.25) is 0 Å². The molecule has 1 aliphatic heterocycles. The van der Waals surface area contributed by atoms with Crippen molar-refractivity contribution in [2.75, 3.05) is 0 Å². The van der Waals surface area contributed by atoms with E-state index in [0.29, 0.717) is 0 Å². The van der Waals surface area contributed by atoms with Crippen LogP contribution in [0.2, 0.25) is 0 Å². The van der Waals surface area contributed by atoms with Crippen molar-refractivity contribution in [2.24, 2.45) is 0 Å². The molecule has 1 aromatic rings. The standard InChI is InChI=1S/C14H11F3O5/c1-13(2)21-11(18)9(12(19)22-13)7-8-5-3-4-6-10(8)20-14(15,16)17/h3-7H,1-2H3. The highest BCUT2D eigenvalue weighted by Crippen LogP contribution is 2.30. The van der Waals surface area contributed by atoms with E-state index < -0.39 is 35.4 Å². The molecule has 22 heavy (non-hydrogen) atoms. The number of halogens is 3. The predicted octanol–water partition coefficient (Wildman–Crippen LogP) is 2.80. The van der Waals surface area contributed by atoms with Crippen molar-refractivity contribution >= 4 is 18.0 Å². The van der Waals surface area contributed by atoms with Crippen LogP contribution in [0.3, 0.4) is 0 Å². The molecule has 0 radical (unpaired) electrons. The maximum absolute atomic E-state index is 12.3. The van der Waals surface area contributed by atoms with Gasteiger partial charge in [-0.2, -0.15) is 0 Å². The average Bonchev–Trinajstić information content (AvgIpc) is 2.32. The molecule has 5 nitrogen and oxygen atoms in total. The quantitative estimate of drug-likeness (QED) is 0.477. The van der Waals surface area contributed by atoms with Crippen molar-refractivity contribution in [2.45, 2.75) is 26.0 Å². The summed E-state index contributed by atoms with van der Waals surface area (Å²) in [5.74, 6) is -3.94. The largest absolute Gasteiger partial charge is 0.573 e. The minimum absolute atomic E-state index is 0.108. The number of esters is 2. The third kappa shape index (κ3) is 3.78. The Hall–Kier alpha value is -2.51. The Kier molecular flexibility index (Phi) is 3.87. The second-order valence-electron chi connectivity index (χ2n) is 4.82. The van der Waals surface area contributed by atoms with Gasteiger partial charge in [-0.05, 0) is 12.1 Å². The van der Waals surface area contributed by atoms with Crippen molar-refractivity contribution in [1.82, 2.24) is 0 Å². The van der Waals surface area contributed by atoms with Gasteiger partial charge in [-0.1, -0.05) is 18.2 Å². The molecule has 0 bridgehead atoms. The second-order valence-corrected chi connectivity index (χ2v) is 4.82. The van der Waals surface area contributed by atoms with Crippen molar-refractivity contribution < 1.29 is 37.0 Å². The number of carbonyl (C=O) groups excluding carboxylic acids is 2. The van der Waals surface area contributed by atoms with Crippen LogP contribution in [0.25, 0.3) is 6.08 Å². The highest BCUT2D eigenvalue weighted by atomic mass is 19.4. The van der Waals surface area contributed by atoms with Crippen molar-refractivity contribution in [3.05, 3.63) is 35.4 Å². The fourth-order valence-corrected chi connectivity index (χ4v) is 1.75. The molecule has 1 heterocycles. The summed E-state index contributed by atoms with van der Waals surface area (Å²) in [5, 5.41) is 0. The highest BCUT2D eigenvalue weighted by Gasteiger charge is 2.39. The summed E-state index contributed by atoms with van der Waals surface area (Å²) in [5.41, 5.74) is -0.624. The lowest BCUT2D eigenvalue weighted by Gasteiger charge is -2.29. The Labute approximate surface area is 123 Å². The third-order valence-electron chi connectivity index (χ3n) is 2.56. The number of alkyl halides is 3. The number of rotatable bonds is 2. The van der Waals surface area contributed by atoms with Gasteiger partial charge in [0.15, 0.2) is 0 Å². The molecule has 0 saturated carbocycles. The van der Waals surface area contributed by atoms with Crippen LogP contribution in [-0.4, -0.2) is 24.1 Å². The molecule has 0 aliphatic carbocycles. The van der Waals surface area contributed by atoms with Crippen molar-refractivity contribution in [3.8, 4) is 5.75 Å². The van der Waals surface area contributed by atoms with Gasteiger partial charge in [0.2, 0.25) is 0 Å². The van der Waals surface area contributed by atoms with Gasteiger partial charge >= 0.3 is 18.3 Å². The van der Waals surface area contributed by atoms with Crippen LogP contribution in [-0.2, 0) is 19.1 Å². The first-order valence-corrected chi connectivity index (χ1v) is 6.10. The van der Waals surface area contributed by atoms with Crippen LogP contribution < -0.4 is 4.74 Å². The second kappa shape index (κ2) is 5.36. The van der Waals surface area contributed by atoms with Gasteiger partial charge in [-0.25, -0.2) is 9.59 Å². The van der Waals surface area contributed by atoms with Gasteiger partial charge in [0.25, 0.3) is 5.79 Å². The number of carbonyl (C=O) groups is 2. The minimum Gasteiger partial charge on any atom is -0.419 e. The average molecular weight is 316 g/mol. The van der Waals surface area contributed by atoms with Crippen molar-refractivity contribution in [1.29, 1.82) is 0 Å². The third-order valence-corrected chi connectivity index (χ3v) is 2.56. The molecule has 1 fully saturated rings. The molecule has 0 amide bonds. The monoisotopic (exact) mass is 316 g/mol. The smallest absolute Gasteiger partial charge is 0.419 e. The predicted molar refractivity (Wildman–Crippen MR) is 67.4 cm³/mol. The van der Waals surface area contributed by atoms with E-state index in [0.717, 1.165) is 12.1 Å². The fraction of sp³-hybridized carbons (Fsp3) is 0.286. The normalized spacial score (nSPS) is 17.6. The summed E-state index contributed by atoms with van der Waals surface area (Å²) in [7, 11) is 0. The van der Waals surface area contributed by atoms with E-state index in [9.17, 15) is 22.8 Å². The number of para-hydroxylation sites is 1. The maximum atomic E-state index is 12.3. The number of cyclic esters (lactones) is 2. The van der Waals surface area contributed by atoms with E-state index in [1.165, 1.54) is 32.0 Å². The molecule has 8 heteroatoms. The van der Waals surface area contributed by atoms with Crippen LogP contribution in [0.1, 0.15) is 19.4 Å². The molecule has 2 rings (SSSR count). The van der Waals surface area contributed by atoms with Gasteiger partial charge in [0, 0.05) is 19.4 Å². The van der Waals surface area contributed by atoms with Crippen LogP contribution in [0, 0.1) is 0 Å². The number of benzene rings is 1. The van der Waals surface area contributed by atoms with Gasteiger partial charge in [0.05, 0.1) is 0 Å². The van der Waals surface area contributed by atoms with E-state index in [-0.39, 0.29) is 5.56 Å². The van der Waals surface area contributed by atoms with E-state index in [4.69, 9.17) is 9.47 Å². The maximum Gasteiger partial charge on any atom is 0.573 e. The summed E-state index contributed by atoms with van der Waals surface area (Å²) < 4.78 is 50.5. The molecule has 118 valence electrons. The summed E-state index contributed by atoms with van der Waals surface area (Å²) >= 11 is 0. The molecular weight excluding hydrogens is 305 g/mol. The lowest BCUT2D eigenvalue weighted by Crippen LogP contribution is -2.41. The SMILES string of the molecule is CC1(C)OC(=O)C(=Cc2ccccc2OC(F)(F)F)C(=O)O1. The number of ether oxygens (including phenoxy) is 3. The lowest BCUT2D eigenvalue weighted by molar-refractivity contribution is -0.274. The van der Waals surface area contributed by atoms with Crippen LogP contribution in [0.15, 0.2) is 29.8 Å². The molecule has 0 spiro atoms. The molecule has 0 N–H and O–H groups in total. The molecule has 0 atom stereocenters. The zero-order valence-corrected chi connectivity index (χ0v) is 11.6. The van der Waals surface area contributed by atoms with Crippen LogP contribution in [0.4, 0.5) is 13.2 Å². The fourth-order valence-electron chi connectivity index (χ4n) is 1.75. The molecule has 1 aliphatic rings. The molecule has 0 unspecified atom stereocenters. The zero-order chi connectivity index (χ0) is 16.5. The summed E-state index contributed by atoms with van der Waals surface area (Å²) in [6, 6.07) is 5.07. The van der Waals surface area contributed by atoms with Gasteiger partial charge in [0.1, 0.15) is 11.3 Å². The first-order chi connectivity index (χ1) is 10.1. The highest BCUT2D eigenvalue weighted by molar-refractivity contribution is 6.19. The Balaban J connectivity index is 2.37. The number of hydrogen-bond acceptors (Lipinski definition) is 5. The van der Waals surface area contributed by atoms with E-state index in [1.54, 1.807) is 0 Å². The van der Waals surface area contributed by atoms with Crippen molar-refractivity contribution in [3.63, 3.8) is 0 Å². The van der Waals surface area contributed by atoms with E-state index in [1.807, 2.05) is 0 Å². The molecule has 1 aromatic carbocycles. The Morgan fingerprint density at radius 3 is 2.18 bits per heavy atom. The van der Waals surface area contributed by atoms with E-state index in [2.05, 4.69) is 4.74 Å². The number of hydrogen-bond donors (Lipinski definition) is 0. The summed E-state index contributed by atoms with van der Waals surface area (Å²) in [4.78, 5) is 23.5. The topological polar surface area (TPSA) is 61.8 Å². The van der Waals surface area contributed by atoms with Gasteiger partial charge < -0.3 is 14.2 Å². The van der Waals surface area contributed by atoms with Gasteiger partial charge in [-0.15, -0.1) is 13.2 Å². The lowest BCUT2D eigenvalue weighted by atomic mass is 10.1. The Morgan fingerprint density at radius 1 is 1.09 bits per heavy atom. The first-order valence-electron chi connectivity index (χ1n) is 6.10. The minimum atomic E-state index is -4.90. The zero-order valence-electron chi connectivity index (χ0n) is 11.6. The Bertz CT molecular complexity index is 624. The van der Waals surface area contributed by atoms with E-state index >= 15 is 0 Å².